The number of amides is 1. The summed E-state index contributed by atoms with van der Waals surface area (Å²) in [4.78, 5) is 23.7. The quantitative estimate of drug-likeness (QED) is 0.759. The van der Waals surface area contributed by atoms with Gasteiger partial charge >= 0.3 is 5.97 Å². The zero-order valence-corrected chi connectivity index (χ0v) is 13.0. The summed E-state index contributed by atoms with van der Waals surface area (Å²) in [6.45, 7) is 3.53. The predicted octanol–water partition coefficient (Wildman–Crippen LogP) is 3.05. The fourth-order valence-electron chi connectivity index (χ4n) is 1.55. The lowest BCUT2D eigenvalue weighted by molar-refractivity contribution is -0.143. The average Bonchev–Trinajstić information content (AvgIpc) is 2.37. The molecule has 0 fully saturated rings. The van der Waals surface area contributed by atoms with E-state index >= 15 is 0 Å². The molecule has 1 unspecified atom stereocenters. The van der Waals surface area contributed by atoms with Gasteiger partial charge in [0.05, 0.1) is 0 Å². The van der Waals surface area contributed by atoms with Gasteiger partial charge in [0.2, 0.25) is 5.91 Å². The van der Waals surface area contributed by atoms with E-state index in [4.69, 9.17) is 16.7 Å². The Bertz CT molecular complexity index is 462. The maximum atomic E-state index is 11.7. The Kier molecular flexibility index (Phi) is 6.88. The van der Waals surface area contributed by atoms with Crippen LogP contribution in [0.3, 0.4) is 0 Å². The fraction of sp³-hybridized carbons (Fsp3) is 0.429. The second-order valence-electron chi connectivity index (χ2n) is 4.68. The van der Waals surface area contributed by atoms with E-state index in [1.54, 1.807) is 26.0 Å². The third-order valence-electron chi connectivity index (χ3n) is 2.66. The van der Waals surface area contributed by atoms with Crippen molar-refractivity contribution in [1.82, 2.24) is 5.32 Å². The Morgan fingerprint density at radius 2 is 1.90 bits per heavy atom. The van der Waals surface area contributed by atoms with Crippen LogP contribution >= 0.6 is 23.4 Å². The standard InChI is InChI=1S/C14H18ClNO3S/c1-9(2)13(14(18)19)16-12(17)7-8-20-11-5-3-10(15)4-6-11/h3-6,9,13H,7-8H2,1-2H3,(H,16,17)(H,18,19). The molecule has 1 amide bonds. The smallest absolute Gasteiger partial charge is 0.326 e. The van der Waals surface area contributed by atoms with Gasteiger partial charge in [0, 0.05) is 22.1 Å². The summed E-state index contributed by atoms with van der Waals surface area (Å²) in [6, 6.07) is 6.54. The van der Waals surface area contributed by atoms with Crippen molar-refractivity contribution in [3.05, 3.63) is 29.3 Å². The molecule has 1 rings (SSSR count). The highest BCUT2D eigenvalue weighted by Gasteiger charge is 2.22. The van der Waals surface area contributed by atoms with Gasteiger partial charge < -0.3 is 10.4 Å². The highest BCUT2D eigenvalue weighted by Crippen LogP contribution is 2.20. The molecule has 0 heterocycles. The van der Waals surface area contributed by atoms with Crippen molar-refractivity contribution in [3.8, 4) is 0 Å². The van der Waals surface area contributed by atoms with E-state index in [2.05, 4.69) is 5.32 Å². The number of aliphatic carboxylic acids is 1. The van der Waals surface area contributed by atoms with Crippen molar-refractivity contribution in [2.24, 2.45) is 5.92 Å². The van der Waals surface area contributed by atoms with E-state index in [0.29, 0.717) is 10.8 Å². The van der Waals surface area contributed by atoms with Crippen LogP contribution in [0.5, 0.6) is 0 Å². The number of rotatable bonds is 7. The number of hydrogen-bond donors (Lipinski definition) is 2. The Labute approximate surface area is 127 Å². The van der Waals surface area contributed by atoms with Crippen molar-refractivity contribution < 1.29 is 14.7 Å². The molecule has 20 heavy (non-hydrogen) atoms. The van der Waals surface area contributed by atoms with E-state index in [0.717, 1.165) is 4.90 Å². The zero-order chi connectivity index (χ0) is 15.1. The van der Waals surface area contributed by atoms with E-state index < -0.39 is 12.0 Å². The normalized spacial score (nSPS) is 12.2. The fourth-order valence-corrected chi connectivity index (χ4v) is 2.53. The molecule has 1 atom stereocenters. The number of carboxylic acid groups (broad SMARTS) is 1. The molecule has 0 bridgehead atoms. The lowest BCUT2D eigenvalue weighted by Gasteiger charge is -2.17. The van der Waals surface area contributed by atoms with Crippen LogP contribution in [0, 0.1) is 5.92 Å². The molecule has 4 nitrogen and oxygen atoms in total. The first-order valence-corrected chi connectivity index (χ1v) is 7.67. The Balaban J connectivity index is 2.36. The molecule has 110 valence electrons. The predicted molar refractivity (Wildman–Crippen MR) is 81.2 cm³/mol. The lowest BCUT2D eigenvalue weighted by atomic mass is 10.0. The lowest BCUT2D eigenvalue weighted by Crippen LogP contribution is -2.44. The Morgan fingerprint density at radius 1 is 1.30 bits per heavy atom. The van der Waals surface area contributed by atoms with E-state index in [-0.39, 0.29) is 18.2 Å². The van der Waals surface area contributed by atoms with Crippen LogP contribution < -0.4 is 5.32 Å². The van der Waals surface area contributed by atoms with E-state index in [9.17, 15) is 9.59 Å². The van der Waals surface area contributed by atoms with Crippen LogP contribution in [0.2, 0.25) is 5.02 Å². The van der Waals surface area contributed by atoms with E-state index in [1.807, 2.05) is 12.1 Å². The number of carboxylic acids is 1. The monoisotopic (exact) mass is 315 g/mol. The number of carbonyl (C=O) groups excluding carboxylic acids is 1. The van der Waals surface area contributed by atoms with Crippen LogP contribution in [0.1, 0.15) is 20.3 Å². The SMILES string of the molecule is CC(C)C(NC(=O)CCSc1ccc(Cl)cc1)C(=O)O. The number of benzene rings is 1. The molecular formula is C14H18ClNO3S. The van der Waals surface area contributed by atoms with Gasteiger partial charge in [-0.2, -0.15) is 0 Å². The third-order valence-corrected chi connectivity index (χ3v) is 3.93. The van der Waals surface area contributed by atoms with Gasteiger partial charge in [-0.15, -0.1) is 11.8 Å². The van der Waals surface area contributed by atoms with Crippen molar-refractivity contribution in [2.75, 3.05) is 5.75 Å². The number of hydrogen-bond acceptors (Lipinski definition) is 3. The summed E-state index contributed by atoms with van der Waals surface area (Å²) in [5, 5.41) is 12.2. The molecule has 0 radical (unpaired) electrons. The molecular weight excluding hydrogens is 298 g/mol. The summed E-state index contributed by atoms with van der Waals surface area (Å²) in [5.74, 6) is -0.788. The van der Waals surface area contributed by atoms with Crippen molar-refractivity contribution in [2.45, 2.75) is 31.2 Å². The first-order valence-electron chi connectivity index (χ1n) is 6.30. The van der Waals surface area contributed by atoms with Crippen LogP contribution in [0.25, 0.3) is 0 Å². The highest BCUT2D eigenvalue weighted by atomic mass is 35.5. The van der Waals surface area contributed by atoms with Gasteiger partial charge in [-0.05, 0) is 30.2 Å². The van der Waals surface area contributed by atoms with Crippen molar-refractivity contribution in [3.63, 3.8) is 0 Å². The van der Waals surface area contributed by atoms with Gasteiger partial charge in [-0.1, -0.05) is 25.4 Å². The van der Waals surface area contributed by atoms with E-state index in [1.165, 1.54) is 11.8 Å². The third kappa shape index (κ3) is 5.84. The minimum Gasteiger partial charge on any atom is -0.480 e. The largest absolute Gasteiger partial charge is 0.480 e. The molecule has 0 spiro atoms. The Hall–Kier alpha value is -1.20. The minimum atomic E-state index is -1.00. The summed E-state index contributed by atoms with van der Waals surface area (Å²) >= 11 is 7.32. The summed E-state index contributed by atoms with van der Waals surface area (Å²) in [6.07, 6.45) is 0.282. The second-order valence-corrected chi connectivity index (χ2v) is 6.28. The number of carbonyl (C=O) groups is 2. The first-order chi connectivity index (χ1) is 9.40. The van der Waals surface area contributed by atoms with Crippen LogP contribution in [-0.4, -0.2) is 28.8 Å². The maximum Gasteiger partial charge on any atom is 0.326 e. The molecule has 1 aromatic rings. The first kappa shape index (κ1) is 16.9. The number of nitrogens with one attached hydrogen (secondary N) is 1. The van der Waals surface area contributed by atoms with Gasteiger partial charge in [0.25, 0.3) is 0 Å². The molecule has 0 saturated heterocycles. The number of thioether (sulfide) groups is 1. The Morgan fingerprint density at radius 3 is 2.40 bits per heavy atom. The van der Waals surface area contributed by atoms with Gasteiger partial charge in [-0.25, -0.2) is 4.79 Å². The molecule has 2 N–H and O–H groups in total. The van der Waals surface area contributed by atoms with Crippen LogP contribution in [0.15, 0.2) is 29.2 Å². The summed E-state index contributed by atoms with van der Waals surface area (Å²) in [5.41, 5.74) is 0. The number of halogens is 1. The summed E-state index contributed by atoms with van der Waals surface area (Å²) < 4.78 is 0. The van der Waals surface area contributed by atoms with Gasteiger partial charge in [0.15, 0.2) is 0 Å². The molecule has 1 aromatic carbocycles. The zero-order valence-electron chi connectivity index (χ0n) is 11.4. The molecule has 0 saturated carbocycles. The van der Waals surface area contributed by atoms with Crippen LogP contribution in [-0.2, 0) is 9.59 Å². The summed E-state index contributed by atoms with van der Waals surface area (Å²) in [7, 11) is 0. The molecule has 0 aliphatic heterocycles. The maximum absolute atomic E-state index is 11.7. The van der Waals surface area contributed by atoms with Crippen LogP contribution in [0.4, 0.5) is 0 Å². The van der Waals surface area contributed by atoms with Gasteiger partial charge in [-0.3, -0.25) is 4.79 Å². The van der Waals surface area contributed by atoms with Crippen molar-refractivity contribution in [1.29, 1.82) is 0 Å². The molecule has 6 heteroatoms. The molecule has 0 aliphatic rings. The second kappa shape index (κ2) is 8.17. The minimum absolute atomic E-state index is 0.139. The average molecular weight is 316 g/mol. The highest BCUT2D eigenvalue weighted by molar-refractivity contribution is 7.99. The van der Waals surface area contributed by atoms with Crippen molar-refractivity contribution >= 4 is 35.2 Å². The topological polar surface area (TPSA) is 66.4 Å². The molecule has 0 aliphatic carbocycles. The van der Waals surface area contributed by atoms with Gasteiger partial charge in [0.1, 0.15) is 6.04 Å². The molecule has 0 aromatic heterocycles.